The van der Waals surface area contributed by atoms with Crippen LogP contribution in [0.4, 0.5) is 5.69 Å². The summed E-state index contributed by atoms with van der Waals surface area (Å²) in [5, 5.41) is 2.83. The van der Waals surface area contributed by atoms with E-state index in [1.54, 1.807) is 25.1 Å². The van der Waals surface area contributed by atoms with Crippen molar-refractivity contribution in [3.05, 3.63) is 66.7 Å². The van der Waals surface area contributed by atoms with Gasteiger partial charge in [-0.15, -0.1) is 0 Å². The molecule has 0 aliphatic carbocycles. The first-order valence-electron chi connectivity index (χ1n) is 7.47. The first-order valence-corrected chi connectivity index (χ1v) is 7.47. The SMILES string of the molecule is C=CCOc1ccccc1NC(=O)C(C)Oc1ccc(C)cc1. The molecule has 1 unspecified atom stereocenters. The van der Waals surface area contributed by atoms with Crippen molar-refractivity contribution in [2.75, 3.05) is 11.9 Å². The van der Waals surface area contributed by atoms with Crippen LogP contribution in [0.3, 0.4) is 0 Å². The first kappa shape index (κ1) is 16.6. The summed E-state index contributed by atoms with van der Waals surface area (Å²) in [4.78, 5) is 12.3. The van der Waals surface area contributed by atoms with Crippen LogP contribution in [-0.4, -0.2) is 18.6 Å². The van der Waals surface area contributed by atoms with E-state index < -0.39 is 6.10 Å². The minimum atomic E-state index is -0.620. The highest BCUT2D eigenvalue weighted by molar-refractivity contribution is 5.95. The maximum atomic E-state index is 12.3. The Hall–Kier alpha value is -2.75. The molecule has 1 N–H and O–H groups in total. The Kier molecular flexibility index (Phi) is 5.80. The molecule has 1 atom stereocenters. The zero-order chi connectivity index (χ0) is 16.7. The molecule has 0 aliphatic rings. The van der Waals surface area contributed by atoms with Gasteiger partial charge in [0.05, 0.1) is 5.69 Å². The number of carbonyl (C=O) groups excluding carboxylic acids is 1. The van der Waals surface area contributed by atoms with Crippen molar-refractivity contribution in [3.63, 3.8) is 0 Å². The third-order valence-electron chi connectivity index (χ3n) is 3.20. The first-order chi connectivity index (χ1) is 11.1. The number of para-hydroxylation sites is 2. The van der Waals surface area contributed by atoms with Crippen LogP contribution in [0.25, 0.3) is 0 Å². The number of anilines is 1. The van der Waals surface area contributed by atoms with Crippen molar-refractivity contribution < 1.29 is 14.3 Å². The van der Waals surface area contributed by atoms with Gasteiger partial charge in [-0.05, 0) is 38.1 Å². The molecule has 0 bridgehead atoms. The summed E-state index contributed by atoms with van der Waals surface area (Å²) >= 11 is 0. The van der Waals surface area contributed by atoms with Crippen molar-refractivity contribution in [1.29, 1.82) is 0 Å². The molecule has 0 aliphatic heterocycles. The Morgan fingerprint density at radius 1 is 1.22 bits per heavy atom. The average molecular weight is 311 g/mol. The van der Waals surface area contributed by atoms with E-state index in [0.717, 1.165) is 5.56 Å². The number of aryl methyl sites for hydroxylation is 1. The molecule has 2 aromatic carbocycles. The fourth-order valence-corrected chi connectivity index (χ4v) is 1.95. The summed E-state index contributed by atoms with van der Waals surface area (Å²) in [6.07, 6.45) is 1.03. The van der Waals surface area contributed by atoms with E-state index in [2.05, 4.69) is 11.9 Å². The molecule has 0 saturated heterocycles. The smallest absolute Gasteiger partial charge is 0.265 e. The van der Waals surface area contributed by atoms with Crippen LogP contribution in [0.1, 0.15) is 12.5 Å². The quantitative estimate of drug-likeness (QED) is 0.787. The maximum absolute atomic E-state index is 12.3. The fraction of sp³-hybridized carbons (Fsp3) is 0.211. The highest BCUT2D eigenvalue weighted by atomic mass is 16.5. The third-order valence-corrected chi connectivity index (χ3v) is 3.20. The molecular formula is C19H21NO3. The third kappa shape index (κ3) is 4.88. The zero-order valence-corrected chi connectivity index (χ0v) is 13.4. The summed E-state index contributed by atoms with van der Waals surface area (Å²) in [5.41, 5.74) is 1.75. The fourth-order valence-electron chi connectivity index (χ4n) is 1.95. The second kappa shape index (κ2) is 8.03. The van der Waals surface area contributed by atoms with Crippen LogP contribution < -0.4 is 14.8 Å². The lowest BCUT2D eigenvalue weighted by Crippen LogP contribution is -2.30. The van der Waals surface area contributed by atoms with Crippen LogP contribution in [0.2, 0.25) is 0 Å². The van der Waals surface area contributed by atoms with Gasteiger partial charge in [0.2, 0.25) is 0 Å². The van der Waals surface area contributed by atoms with Gasteiger partial charge in [-0.25, -0.2) is 0 Å². The van der Waals surface area contributed by atoms with Gasteiger partial charge < -0.3 is 14.8 Å². The number of rotatable bonds is 7. The lowest BCUT2D eigenvalue weighted by atomic mass is 10.2. The number of ether oxygens (including phenoxy) is 2. The van der Waals surface area contributed by atoms with Crippen molar-refractivity contribution in [3.8, 4) is 11.5 Å². The summed E-state index contributed by atoms with van der Waals surface area (Å²) in [5.74, 6) is 1.03. The van der Waals surface area contributed by atoms with Gasteiger partial charge in [0.15, 0.2) is 6.10 Å². The van der Waals surface area contributed by atoms with Crippen molar-refractivity contribution in [1.82, 2.24) is 0 Å². The molecule has 0 radical (unpaired) electrons. The zero-order valence-electron chi connectivity index (χ0n) is 13.4. The van der Waals surface area contributed by atoms with E-state index >= 15 is 0 Å². The molecule has 4 heteroatoms. The number of benzene rings is 2. The second-order valence-corrected chi connectivity index (χ2v) is 5.16. The highest BCUT2D eigenvalue weighted by Gasteiger charge is 2.16. The van der Waals surface area contributed by atoms with Crippen LogP contribution in [-0.2, 0) is 4.79 Å². The lowest BCUT2D eigenvalue weighted by molar-refractivity contribution is -0.122. The summed E-state index contributed by atoms with van der Waals surface area (Å²) in [6.45, 7) is 7.70. The number of nitrogens with one attached hydrogen (secondary N) is 1. The molecule has 1 amide bonds. The Morgan fingerprint density at radius 3 is 2.61 bits per heavy atom. The standard InChI is InChI=1S/C19H21NO3/c1-4-13-22-18-8-6-5-7-17(18)20-19(21)15(3)23-16-11-9-14(2)10-12-16/h4-12,15H,1,13H2,2-3H3,(H,20,21). The van der Waals surface area contributed by atoms with Gasteiger partial charge >= 0.3 is 0 Å². The van der Waals surface area contributed by atoms with Crippen LogP contribution in [0.15, 0.2) is 61.2 Å². The number of carbonyl (C=O) groups is 1. The molecule has 0 heterocycles. The Balaban J connectivity index is 2.00. The van der Waals surface area contributed by atoms with Crippen LogP contribution >= 0.6 is 0 Å². The molecule has 0 spiro atoms. The number of hydrogen-bond acceptors (Lipinski definition) is 3. The van der Waals surface area contributed by atoms with E-state index in [4.69, 9.17) is 9.47 Å². The summed E-state index contributed by atoms with van der Waals surface area (Å²) in [7, 11) is 0. The van der Waals surface area contributed by atoms with E-state index in [9.17, 15) is 4.79 Å². The normalized spacial score (nSPS) is 11.4. The topological polar surface area (TPSA) is 47.6 Å². The number of amides is 1. The molecule has 0 saturated carbocycles. The lowest BCUT2D eigenvalue weighted by Gasteiger charge is -2.16. The van der Waals surface area contributed by atoms with E-state index in [0.29, 0.717) is 23.8 Å². The van der Waals surface area contributed by atoms with Gasteiger partial charge in [-0.2, -0.15) is 0 Å². The predicted octanol–water partition coefficient (Wildman–Crippen LogP) is 3.97. The van der Waals surface area contributed by atoms with Crippen LogP contribution in [0, 0.1) is 6.92 Å². The average Bonchev–Trinajstić information content (AvgIpc) is 2.56. The number of hydrogen-bond donors (Lipinski definition) is 1. The van der Waals surface area contributed by atoms with Crippen molar-refractivity contribution in [2.24, 2.45) is 0 Å². The Bertz CT molecular complexity index is 665. The Labute approximate surface area is 136 Å². The molecule has 0 fully saturated rings. The Morgan fingerprint density at radius 2 is 1.91 bits per heavy atom. The molecule has 2 rings (SSSR count). The molecule has 120 valence electrons. The van der Waals surface area contributed by atoms with Gasteiger partial charge in [-0.1, -0.05) is 42.5 Å². The maximum Gasteiger partial charge on any atom is 0.265 e. The monoisotopic (exact) mass is 311 g/mol. The summed E-state index contributed by atoms with van der Waals surface area (Å²) < 4.78 is 11.2. The largest absolute Gasteiger partial charge is 0.487 e. The van der Waals surface area contributed by atoms with Gasteiger partial charge in [0.1, 0.15) is 18.1 Å². The molecule has 2 aromatic rings. The highest BCUT2D eigenvalue weighted by Crippen LogP contribution is 2.24. The molecule has 0 aromatic heterocycles. The molecule has 4 nitrogen and oxygen atoms in total. The van der Waals surface area contributed by atoms with E-state index in [1.165, 1.54) is 0 Å². The van der Waals surface area contributed by atoms with Crippen molar-refractivity contribution >= 4 is 11.6 Å². The van der Waals surface area contributed by atoms with Gasteiger partial charge in [-0.3, -0.25) is 4.79 Å². The molecule has 23 heavy (non-hydrogen) atoms. The van der Waals surface area contributed by atoms with Crippen LogP contribution in [0.5, 0.6) is 11.5 Å². The van der Waals surface area contributed by atoms with E-state index in [1.807, 2.05) is 43.3 Å². The molecular weight excluding hydrogens is 290 g/mol. The predicted molar refractivity (Wildman–Crippen MR) is 92.0 cm³/mol. The van der Waals surface area contributed by atoms with E-state index in [-0.39, 0.29) is 5.91 Å². The minimum Gasteiger partial charge on any atom is -0.487 e. The minimum absolute atomic E-state index is 0.236. The second-order valence-electron chi connectivity index (χ2n) is 5.16. The van der Waals surface area contributed by atoms with Crippen molar-refractivity contribution in [2.45, 2.75) is 20.0 Å². The summed E-state index contributed by atoms with van der Waals surface area (Å²) in [6, 6.07) is 14.8. The van der Waals surface area contributed by atoms with Gasteiger partial charge in [0, 0.05) is 0 Å². The van der Waals surface area contributed by atoms with Gasteiger partial charge in [0.25, 0.3) is 5.91 Å².